The minimum absolute atomic E-state index is 0.345. The number of aryl methyl sites for hydroxylation is 1. The van der Waals surface area contributed by atoms with E-state index in [0.29, 0.717) is 11.3 Å². The van der Waals surface area contributed by atoms with Gasteiger partial charge in [-0.3, -0.25) is 0 Å². The lowest BCUT2D eigenvalue weighted by molar-refractivity contribution is 0.585. The summed E-state index contributed by atoms with van der Waals surface area (Å²) in [5.74, 6) is 1.65. The molecule has 0 aliphatic heterocycles. The lowest BCUT2D eigenvalue weighted by Crippen LogP contribution is -2.19. The molecule has 92 valence electrons. The molecule has 0 bridgehead atoms. The Bertz CT molecular complexity index is 408. The van der Waals surface area contributed by atoms with Crippen LogP contribution in [0.1, 0.15) is 36.9 Å². The van der Waals surface area contributed by atoms with Crippen LogP contribution in [0.4, 0.5) is 5.82 Å². The first-order valence-electron chi connectivity index (χ1n) is 6.55. The second-order valence-corrected chi connectivity index (χ2v) is 5.65. The van der Waals surface area contributed by atoms with Crippen molar-refractivity contribution >= 4 is 17.4 Å². The molecule has 2 atom stereocenters. The zero-order valence-electron chi connectivity index (χ0n) is 9.95. The summed E-state index contributed by atoms with van der Waals surface area (Å²) < 4.78 is 0. The Morgan fingerprint density at radius 3 is 3.00 bits per heavy atom. The van der Waals surface area contributed by atoms with Crippen LogP contribution in [0.25, 0.3) is 0 Å². The third kappa shape index (κ3) is 2.25. The van der Waals surface area contributed by atoms with Crippen LogP contribution in [-0.4, -0.2) is 21.9 Å². The number of halogens is 1. The molecule has 0 spiro atoms. The largest absolute Gasteiger partial charge is 0.369 e. The van der Waals surface area contributed by atoms with E-state index in [1.54, 1.807) is 6.33 Å². The molecule has 1 fully saturated rings. The van der Waals surface area contributed by atoms with E-state index in [2.05, 4.69) is 15.3 Å². The third-order valence-electron chi connectivity index (χ3n) is 3.97. The van der Waals surface area contributed by atoms with Crippen LogP contribution in [0.3, 0.4) is 0 Å². The van der Waals surface area contributed by atoms with Crippen molar-refractivity contribution < 1.29 is 0 Å². The Kier molecular flexibility index (Phi) is 3.19. The highest BCUT2D eigenvalue weighted by Gasteiger charge is 2.25. The summed E-state index contributed by atoms with van der Waals surface area (Å²) in [5.41, 5.74) is 2.56. The fraction of sp³-hybridized carbons (Fsp3) is 0.692. The van der Waals surface area contributed by atoms with E-state index in [9.17, 15) is 0 Å². The van der Waals surface area contributed by atoms with Gasteiger partial charge in [0.15, 0.2) is 0 Å². The number of aromatic nitrogens is 2. The molecule has 0 radical (unpaired) electrons. The highest BCUT2D eigenvalue weighted by atomic mass is 35.5. The first-order chi connectivity index (χ1) is 8.34. The Hall–Kier alpha value is -0.830. The summed E-state index contributed by atoms with van der Waals surface area (Å²) in [6.45, 7) is 0.956. The lowest BCUT2D eigenvalue weighted by atomic mass is 10.1. The van der Waals surface area contributed by atoms with Crippen molar-refractivity contribution in [2.45, 2.75) is 43.9 Å². The van der Waals surface area contributed by atoms with Gasteiger partial charge in [-0.15, -0.1) is 11.6 Å². The van der Waals surface area contributed by atoms with Gasteiger partial charge in [0, 0.05) is 23.2 Å². The zero-order valence-corrected chi connectivity index (χ0v) is 10.7. The Balaban J connectivity index is 1.67. The number of alkyl halides is 1. The molecule has 1 N–H and O–H groups in total. The second-order valence-electron chi connectivity index (χ2n) is 5.09. The molecule has 2 unspecified atom stereocenters. The standard InChI is InChI=1S/C13H18ClN3/c14-11-5-1-3-9(11)7-15-13-10-4-2-6-12(10)16-8-17-13/h8-9,11H,1-7H2,(H,15,16,17). The molecule has 1 saturated carbocycles. The smallest absolute Gasteiger partial charge is 0.132 e. The molecule has 2 aliphatic rings. The molecule has 4 heteroatoms. The molecule has 1 heterocycles. The molecule has 3 nitrogen and oxygen atoms in total. The van der Waals surface area contributed by atoms with Gasteiger partial charge in [-0.2, -0.15) is 0 Å². The predicted molar refractivity (Wildman–Crippen MR) is 69.5 cm³/mol. The summed E-state index contributed by atoms with van der Waals surface area (Å²) in [6.07, 6.45) is 8.79. The number of hydrogen-bond acceptors (Lipinski definition) is 3. The van der Waals surface area contributed by atoms with Crippen LogP contribution in [-0.2, 0) is 12.8 Å². The summed E-state index contributed by atoms with van der Waals surface area (Å²) in [4.78, 5) is 8.71. The SMILES string of the molecule is ClC1CCCC1CNc1ncnc2c1CCC2. The molecular weight excluding hydrogens is 234 g/mol. The maximum absolute atomic E-state index is 6.29. The van der Waals surface area contributed by atoms with Gasteiger partial charge in [0.05, 0.1) is 0 Å². The van der Waals surface area contributed by atoms with Crippen LogP contribution < -0.4 is 5.32 Å². The first kappa shape index (κ1) is 11.3. The van der Waals surface area contributed by atoms with Gasteiger partial charge in [-0.05, 0) is 38.0 Å². The number of nitrogens with one attached hydrogen (secondary N) is 1. The fourth-order valence-corrected chi connectivity index (χ4v) is 3.33. The Labute approximate surface area is 107 Å². The van der Waals surface area contributed by atoms with Crippen LogP contribution in [0.2, 0.25) is 0 Å². The summed E-state index contributed by atoms with van der Waals surface area (Å²) >= 11 is 6.29. The quantitative estimate of drug-likeness (QED) is 0.840. The number of hydrogen-bond donors (Lipinski definition) is 1. The van der Waals surface area contributed by atoms with Gasteiger partial charge >= 0.3 is 0 Å². The lowest BCUT2D eigenvalue weighted by Gasteiger charge is -2.16. The van der Waals surface area contributed by atoms with E-state index in [1.165, 1.54) is 30.5 Å². The fourth-order valence-electron chi connectivity index (χ4n) is 2.96. The summed E-state index contributed by atoms with van der Waals surface area (Å²) in [6, 6.07) is 0. The Morgan fingerprint density at radius 1 is 1.24 bits per heavy atom. The van der Waals surface area contributed by atoms with Gasteiger partial charge < -0.3 is 5.32 Å². The molecule has 0 aromatic carbocycles. The van der Waals surface area contributed by atoms with Crippen molar-refractivity contribution in [1.29, 1.82) is 0 Å². The van der Waals surface area contributed by atoms with E-state index in [4.69, 9.17) is 11.6 Å². The maximum Gasteiger partial charge on any atom is 0.132 e. The highest BCUT2D eigenvalue weighted by molar-refractivity contribution is 6.20. The average Bonchev–Trinajstić information content (AvgIpc) is 2.95. The van der Waals surface area contributed by atoms with E-state index in [0.717, 1.165) is 31.6 Å². The van der Waals surface area contributed by atoms with Crippen molar-refractivity contribution in [3.8, 4) is 0 Å². The minimum atomic E-state index is 0.345. The number of rotatable bonds is 3. The molecular formula is C13H18ClN3. The monoisotopic (exact) mass is 251 g/mol. The van der Waals surface area contributed by atoms with Gasteiger partial charge in [-0.25, -0.2) is 9.97 Å². The Morgan fingerprint density at radius 2 is 2.18 bits per heavy atom. The average molecular weight is 252 g/mol. The van der Waals surface area contributed by atoms with Gasteiger partial charge in [0.2, 0.25) is 0 Å². The van der Waals surface area contributed by atoms with Crippen LogP contribution >= 0.6 is 11.6 Å². The molecule has 0 amide bonds. The van der Waals surface area contributed by atoms with Gasteiger partial charge in [-0.1, -0.05) is 6.42 Å². The van der Waals surface area contributed by atoms with Crippen LogP contribution in [0.15, 0.2) is 6.33 Å². The molecule has 3 rings (SSSR count). The van der Waals surface area contributed by atoms with E-state index in [-0.39, 0.29) is 0 Å². The molecule has 0 saturated heterocycles. The van der Waals surface area contributed by atoms with Crippen molar-refractivity contribution in [2.24, 2.45) is 5.92 Å². The molecule has 1 aromatic rings. The van der Waals surface area contributed by atoms with E-state index < -0.39 is 0 Å². The van der Waals surface area contributed by atoms with Crippen molar-refractivity contribution in [3.63, 3.8) is 0 Å². The number of nitrogens with zero attached hydrogens (tertiary/aromatic N) is 2. The summed E-state index contributed by atoms with van der Waals surface area (Å²) in [7, 11) is 0. The summed E-state index contributed by atoms with van der Waals surface area (Å²) in [5, 5.41) is 3.83. The van der Waals surface area contributed by atoms with Gasteiger partial charge in [0.1, 0.15) is 12.1 Å². The van der Waals surface area contributed by atoms with E-state index >= 15 is 0 Å². The van der Waals surface area contributed by atoms with Crippen molar-refractivity contribution in [3.05, 3.63) is 17.6 Å². The second kappa shape index (κ2) is 4.81. The molecule has 2 aliphatic carbocycles. The zero-order chi connectivity index (χ0) is 11.7. The molecule has 1 aromatic heterocycles. The first-order valence-corrected chi connectivity index (χ1v) is 6.99. The predicted octanol–water partition coefficient (Wildman–Crippen LogP) is 2.78. The topological polar surface area (TPSA) is 37.8 Å². The van der Waals surface area contributed by atoms with Crippen LogP contribution in [0, 0.1) is 5.92 Å². The minimum Gasteiger partial charge on any atom is -0.369 e. The van der Waals surface area contributed by atoms with Crippen LogP contribution in [0.5, 0.6) is 0 Å². The highest BCUT2D eigenvalue weighted by Crippen LogP contribution is 2.31. The number of anilines is 1. The van der Waals surface area contributed by atoms with Gasteiger partial charge in [0.25, 0.3) is 0 Å². The maximum atomic E-state index is 6.29. The number of fused-ring (bicyclic) bond motifs is 1. The third-order valence-corrected chi connectivity index (χ3v) is 4.55. The molecule has 17 heavy (non-hydrogen) atoms. The van der Waals surface area contributed by atoms with Crippen molar-refractivity contribution in [1.82, 2.24) is 9.97 Å². The normalized spacial score (nSPS) is 27.1. The van der Waals surface area contributed by atoms with E-state index in [1.807, 2.05) is 0 Å². The van der Waals surface area contributed by atoms with Crippen molar-refractivity contribution in [2.75, 3.05) is 11.9 Å².